The highest BCUT2D eigenvalue weighted by Crippen LogP contribution is 2.25. The summed E-state index contributed by atoms with van der Waals surface area (Å²) in [4.78, 5) is 27.9. The van der Waals surface area contributed by atoms with Crippen LogP contribution in [-0.2, 0) is 11.3 Å². The Kier molecular flexibility index (Phi) is 6.62. The van der Waals surface area contributed by atoms with Crippen LogP contribution in [0.25, 0.3) is 0 Å². The lowest BCUT2D eigenvalue weighted by molar-refractivity contribution is -0.120. The summed E-state index contributed by atoms with van der Waals surface area (Å²) in [6, 6.07) is 27.2. The number of benzene rings is 3. The summed E-state index contributed by atoms with van der Waals surface area (Å²) in [5, 5.41) is 5.93. The molecule has 5 heteroatoms. The average Bonchev–Trinajstić information content (AvgIpc) is 2.84. The van der Waals surface area contributed by atoms with Gasteiger partial charge in [0.1, 0.15) is 0 Å². The molecule has 0 spiro atoms. The molecule has 1 aliphatic heterocycles. The highest BCUT2D eigenvalue weighted by Gasteiger charge is 2.26. The van der Waals surface area contributed by atoms with E-state index in [4.69, 9.17) is 0 Å². The van der Waals surface area contributed by atoms with E-state index in [1.165, 1.54) is 5.69 Å². The molecule has 4 rings (SSSR count). The zero-order valence-corrected chi connectivity index (χ0v) is 17.5. The molecule has 158 valence electrons. The van der Waals surface area contributed by atoms with Gasteiger partial charge < -0.3 is 15.5 Å². The molecule has 1 saturated heterocycles. The summed E-state index contributed by atoms with van der Waals surface area (Å²) in [7, 11) is 0. The van der Waals surface area contributed by atoms with Crippen molar-refractivity contribution in [2.24, 2.45) is 5.92 Å². The minimum Gasteiger partial charge on any atom is -0.371 e. The zero-order valence-electron chi connectivity index (χ0n) is 17.5. The van der Waals surface area contributed by atoms with Crippen LogP contribution >= 0.6 is 0 Å². The van der Waals surface area contributed by atoms with Crippen molar-refractivity contribution < 1.29 is 9.59 Å². The number of hydrogen-bond donors (Lipinski definition) is 2. The number of nitrogens with zero attached hydrogens (tertiary/aromatic N) is 1. The van der Waals surface area contributed by atoms with Crippen LogP contribution in [0.1, 0.15) is 28.8 Å². The third-order valence-electron chi connectivity index (χ3n) is 5.71. The van der Waals surface area contributed by atoms with Crippen LogP contribution < -0.4 is 15.5 Å². The second-order valence-electron chi connectivity index (χ2n) is 7.80. The maximum atomic E-state index is 12.9. The number of nitrogens with one attached hydrogen (secondary N) is 2. The van der Waals surface area contributed by atoms with Crippen LogP contribution in [0, 0.1) is 5.92 Å². The number of piperidine rings is 1. The van der Waals surface area contributed by atoms with Crippen LogP contribution in [0.3, 0.4) is 0 Å². The van der Waals surface area contributed by atoms with E-state index in [0.29, 0.717) is 17.8 Å². The van der Waals surface area contributed by atoms with Gasteiger partial charge in [0.2, 0.25) is 5.91 Å². The molecule has 0 aliphatic carbocycles. The Morgan fingerprint density at radius 2 is 1.42 bits per heavy atom. The normalized spacial score (nSPS) is 14.1. The number of anilines is 2. The van der Waals surface area contributed by atoms with Gasteiger partial charge in [-0.15, -0.1) is 0 Å². The van der Waals surface area contributed by atoms with Gasteiger partial charge in [0.05, 0.1) is 11.3 Å². The quantitative estimate of drug-likeness (QED) is 0.627. The Morgan fingerprint density at radius 3 is 2.13 bits per heavy atom. The molecule has 31 heavy (non-hydrogen) atoms. The zero-order chi connectivity index (χ0) is 21.5. The van der Waals surface area contributed by atoms with Crippen molar-refractivity contribution in [3.05, 3.63) is 96.1 Å². The molecule has 2 N–H and O–H groups in total. The lowest BCUT2D eigenvalue weighted by Gasteiger charge is -2.33. The number of carbonyl (C=O) groups excluding carboxylic acids is 2. The van der Waals surface area contributed by atoms with E-state index in [0.717, 1.165) is 31.5 Å². The van der Waals surface area contributed by atoms with Crippen LogP contribution in [-0.4, -0.2) is 24.9 Å². The molecule has 0 unspecified atom stereocenters. The van der Waals surface area contributed by atoms with Crippen molar-refractivity contribution in [2.45, 2.75) is 19.4 Å². The number of amides is 2. The van der Waals surface area contributed by atoms with Gasteiger partial charge in [-0.1, -0.05) is 60.7 Å². The molecule has 1 aliphatic rings. The molecule has 5 nitrogen and oxygen atoms in total. The third-order valence-corrected chi connectivity index (χ3v) is 5.71. The SMILES string of the molecule is O=C(NCc1ccccc1)c1ccccc1NC(=O)C1CCN(c2ccccc2)CC1. The Morgan fingerprint density at radius 1 is 0.806 bits per heavy atom. The van der Waals surface area contributed by atoms with E-state index < -0.39 is 0 Å². The van der Waals surface area contributed by atoms with E-state index in [1.807, 2.05) is 60.7 Å². The number of para-hydroxylation sites is 2. The minimum absolute atomic E-state index is 0.0176. The van der Waals surface area contributed by atoms with Crippen molar-refractivity contribution in [1.82, 2.24) is 5.32 Å². The van der Waals surface area contributed by atoms with Crippen LogP contribution in [0.5, 0.6) is 0 Å². The largest absolute Gasteiger partial charge is 0.371 e. The van der Waals surface area contributed by atoms with Gasteiger partial charge in [0, 0.05) is 31.2 Å². The molecule has 3 aromatic rings. The Bertz CT molecular complexity index is 1010. The van der Waals surface area contributed by atoms with Gasteiger partial charge >= 0.3 is 0 Å². The molecule has 2 amide bonds. The van der Waals surface area contributed by atoms with E-state index in [9.17, 15) is 9.59 Å². The molecule has 3 aromatic carbocycles. The summed E-state index contributed by atoms with van der Waals surface area (Å²) >= 11 is 0. The topological polar surface area (TPSA) is 61.4 Å². The first-order valence-electron chi connectivity index (χ1n) is 10.7. The molecule has 1 fully saturated rings. The predicted octanol–water partition coefficient (Wildman–Crippen LogP) is 4.47. The third kappa shape index (κ3) is 5.31. The first-order chi connectivity index (χ1) is 15.2. The Balaban J connectivity index is 1.35. The Hall–Kier alpha value is -3.60. The molecular weight excluding hydrogens is 386 g/mol. The van der Waals surface area contributed by atoms with Gasteiger partial charge in [-0.3, -0.25) is 9.59 Å². The van der Waals surface area contributed by atoms with Crippen molar-refractivity contribution in [1.29, 1.82) is 0 Å². The molecule has 0 saturated carbocycles. The monoisotopic (exact) mass is 413 g/mol. The number of carbonyl (C=O) groups is 2. The van der Waals surface area contributed by atoms with Crippen LogP contribution in [0.4, 0.5) is 11.4 Å². The summed E-state index contributed by atoms with van der Waals surface area (Å²) in [5.74, 6) is -0.268. The van der Waals surface area contributed by atoms with Crippen molar-refractivity contribution in [3.63, 3.8) is 0 Å². The van der Waals surface area contributed by atoms with Crippen molar-refractivity contribution >= 4 is 23.2 Å². The Labute approximate surface area is 183 Å². The van der Waals surface area contributed by atoms with Crippen molar-refractivity contribution in [3.8, 4) is 0 Å². The molecule has 1 heterocycles. The standard InChI is InChI=1S/C26H27N3O2/c30-25(21-15-17-29(18-16-21)22-11-5-2-6-12-22)28-24-14-8-7-13-23(24)26(31)27-19-20-9-3-1-4-10-20/h1-14,21H,15-19H2,(H,27,31)(H,28,30). The number of hydrogen-bond acceptors (Lipinski definition) is 3. The van der Waals surface area contributed by atoms with Crippen LogP contribution in [0.15, 0.2) is 84.9 Å². The second kappa shape index (κ2) is 9.94. The fourth-order valence-electron chi connectivity index (χ4n) is 3.94. The van der Waals surface area contributed by atoms with Gasteiger partial charge in [-0.05, 0) is 42.7 Å². The number of rotatable bonds is 6. The van der Waals surface area contributed by atoms with Gasteiger partial charge in [0.25, 0.3) is 5.91 Å². The highest BCUT2D eigenvalue weighted by molar-refractivity contribution is 6.04. The van der Waals surface area contributed by atoms with Crippen LogP contribution in [0.2, 0.25) is 0 Å². The summed E-state index contributed by atoms with van der Waals surface area (Å²) in [6.07, 6.45) is 1.59. The average molecular weight is 414 g/mol. The summed E-state index contributed by atoms with van der Waals surface area (Å²) in [5.41, 5.74) is 3.27. The van der Waals surface area contributed by atoms with E-state index in [2.05, 4.69) is 27.7 Å². The fraction of sp³-hybridized carbons (Fsp3) is 0.231. The maximum absolute atomic E-state index is 12.9. The fourth-order valence-corrected chi connectivity index (χ4v) is 3.94. The maximum Gasteiger partial charge on any atom is 0.253 e. The summed E-state index contributed by atoms with van der Waals surface area (Å²) in [6.45, 7) is 2.14. The molecule has 0 aromatic heterocycles. The first-order valence-corrected chi connectivity index (χ1v) is 10.7. The smallest absolute Gasteiger partial charge is 0.253 e. The molecular formula is C26H27N3O2. The van der Waals surface area contributed by atoms with E-state index in [1.54, 1.807) is 12.1 Å². The van der Waals surface area contributed by atoms with E-state index in [-0.39, 0.29) is 17.7 Å². The lowest BCUT2D eigenvalue weighted by atomic mass is 9.95. The van der Waals surface area contributed by atoms with Gasteiger partial charge in [-0.25, -0.2) is 0 Å². The van der Waals surface area contributed by atoms with Crippen molar-refractivity contribution in [2.75, 3.05) is 23.3 Å². The first kappa shape index (κ1) is 20.7. The van der Waals surface area contributed by atoms with Gasteiger partial charge in [0.15, 0.2) is 0 Å². The summed E-state index contributed by atoms with van der Waals surface area (Å²) < 4.78 is 0. The molecule has 0 radical (unpaired) electrons. The molecule has 0 bridgehead atoms. The highest BCUT2D eigenvalue weighted by atomic mass is 16.2. The minimum atomic E-state index is -0.196. The lowest BCUT2D eigenvalue weighted by Crippen LogP contribution is -2.38. The van der Waals surface area contributed by atoms with Gasteiger partial charge in [-0.2, -0.15) is 0 Å². The van der Waals surface area contributed by atoms with E-state index >= 15 is 0 Å². The predicted molar refractivity (Wildman–Crippen MR) is 124 cm³/mol. The second-order valence-corrected chi connectivity index (χ2v) is 7.80. The molecule has 0 atom stereocenters.